The van der Waals surface area contributed by atoms with E-state index in [0.29, 0.717) is 41.0 Å². The van der Waals surface area contributed by atoms with Crippen LogP contribution in [0, 0.1) is 5.92 Å². The number of nitrogens with one attached hydrogen (secondary N) is 1. The molecule has 1 aliphatic heterocycles. The summed E-state index contributed by atoms with van der Waals surface area (Å²) in [5, 5.41) is 12.3. The summed E-state index contributed by atoms with van der Waals surface area (Å²) in [4.78, 5) is 38.0. The van der Waals surface area contributed by atoms with E-state index in [2.05, 4.69) is 20.3 Å². The van der Waals surface area contributed by atoms with Crippen LogP contribution in [-0.2, 0) is 9.47 Å². The van der Waals surface area contributed by atoms with Crippen molar-refractivity contribution in [2.75, 3.05) is 18.5 Å². The number of benzene rings is 2. The zero-order valence-electron chi connectivity index (χ0n) is 19.4. The van der Waals surface area contributed by atoms with Gasteiger partial charge in [-0.2, -0.15) is 0 Å². The Balaban J connectivity index is 1.32. The summed E-state index contributed by atoms with van der Waals surface area (Å²) in [6.45, 7) is 0.109. The maximum atomic E-state index is 12.6. The van der Waals surface area contributed by atoms with Gasteiger partial charge in [-0.05, 0) is 30.7 Å². The van der Waals surface area contributed by atoms with Crippen molar-refractivity contribution >= 4 is 28.9 Å². The summed E-state index contributed by atoms with van der Waals surface area (Å²) in [5.41, 5.74) is 1.92. The second-order valence-corrected chi connectivity index (χ2v) is 8.47. The number of aliphatic hydroxyl groups is 1. The van der Waals surface area contributed by atoms with Crippen molar-refractivity contribution in [3.05, 3.63) is 84.4 Å². The van der Waals surface area contributed by atoms with Crippen LogP contribution in [0.1, 0.15) is 39.8 Å². The summed E-state index contributed by atoms with van der Waals surface area (Å²) in [7, 11) is 0. The summed E-state index contributed by atoms with van der Waals surface area (Å²) in [6.07, 6.45) is 3.16. The van der Waals surface area contributed by atoms with Crippen LogP contribution in [0.25, 0.3) is 11.2 Å². The molecule has 4 aromatic rings. The largest absolute Gasteiger partial charge is 0.462 e. The van der Waals surface area contributed by atoms with Crippen LogP contribution in [0.2, 0.25) is 0 Å². The van der Waals surface area contributed by atoms with Gasteiger partial charge >= 0.3 is 5.97 Å². The van der Waals surface area contributed by atoms with E-state index < -0.39 is 12.2 Å². The molecule has 1 fully saturated rings. The second kappa shape index (κ2) is 10.6. The SMILES string of the molecule is O=C(Nc1ncnc2c1ncn2[C@H]1C[C@H](COC(=O)c2ccccc2)[C@@H](CCO)O1)c1ccccc1. The molecule has 0 aliphatic carbocycles. The van der Waals surface area contributed by atoms with Gasteiger partial charge in [0, 0.05) is 24.5 Å². The number of hydrogen-bond donors (Lipinski definition) is 2. The Morgan fingerprint density at radius 2 is 1.75 bits per heavy atom. The van der Waals surface area contributed by atoms with E-state index >= 15 is 0 Å². The van der Waals surface area contributed by atoms with Crippen LogP contribution in [0.5, 0.6) is 0 Å². The topological polar surface area (TPSA) is 128 Å². The smallest absolute Gasteiger partial charge is 0.338 e. The van der Waals surface area contributed by atoms with Crippen molar-refractivity contribution in [2.24, 2.45) is 5.92 Å². The first-order valence-corrected chi connectivity index (χ1v) is 11.7. The molecule has 1 aliphatic rings. The number of amides is 1. The van der Waals surface area contributed by atoms with Gasteiger partial charge in [-0.1, -0.05) is 36.4 Å². The first kappa shape index (κ1) is 23.6. The molecule has 1 amide bonds. The predicted molar refractivity (Wildman–Crippen MR) is 130 cm³/mol. The number of carbonyl (C=O) groups is 2. The molecule has 184 valence electrons. The molecule has 0 unspecified atom stereocenters. The van der Waals surface area contributed by atoms with E-state index in [1.807, 2.05) is 12.1 Å². The number of esters is 1. The van der Waals surface area contributed by atoms with Gasteiger partial charge in [0.2, 0.25) is 0 Å². The molecule has 0 bridgehead atoms. The maximum Gasteiger partial charge on any atom is 0.338 e. The number of fused-ring (bicyclic) bond motifs is 1. The third kappa shape index (κ3) is 4.95. The number of anilines is 1. The quantitative estimate of drug-likeness (QED) is 0.363. The van der Waals surface area contributed by atoms with Gasteiger partial charge in [0.1, 0.15) is 12.6 Å². The normalized spacial score (nSPS) is 19.3. The van der Waals surface area contributed by atoms with E-state index in [9.17, 15) is 14.7 Å². The monoisotopic (exact) mass is 487 g/mol. The first-order valence-electron chi connectivity index (χ1n) is 11.7. The van der Waals surface area contributed by atoms with E-state index in [0.717, 1.165) is 0 Å². The third-order valence-corrected chi connectivity index (χ3v) is 6.15. The predicted octanol–water partition coefficient (Wildman–Crippen LogP) is 3.22. The molecule has 2 aromatic heterocycles. The van der Waals surface area contributed by atoms with Crippen molar-refractivity contribution in [2.45, 2.75) is 25.2 Å². The minimum atomic E-state index is -0.431. The van der Waals surface area contributed by atoms with Crippen LogP contribution in [0.15, 0.2) is 73.3 Å². The Kier molecular flexibility index (Phi) is 6.96. The molecule has 10 heteroatoms. The molecule has 3 atom stereocenters. The molecule has 0 radical (unpaired) electrons. The number of rotatable bonds is 8. The molecular weight excluding hydrogens is 462 g/mol. The van der Waals surface area contributed by atoms with Crippen molar-refractivity contribution in [3.8, 4) is 0 Å². The van der Waals surface area contributed by atoms with Crippen molar-refractivity contribution in [1.29, 1.82) is 0 Å². The maximum absolute atomic E-state index is 12.6. The van der Waals surface area contributed by atoms with Gasteiger partial charge in [0.15, 0.2) is 17.0 Å². The highest BCUT2D eigenvalue weighted by atomic mass is 16.5. The van der Waals surface area contributed by atoms with E-state index in [4.69, 9.17) is 9.47 Å². The molecular formula is C26H25N5O5. The zero-order valence-corrected chi connectivity index (χ0v) is 19.4. The Morgan fingerprint density at radius 1 is 1.03 bits per heavy atom. The van der Waals surface area contributed by atoms with Crippen LogP contribution in [-0.4, -0.2) is 55.8 Å². The van der Waals surface area contributed by atoms with Gasteiger partial charge in [-0.25, -0.2) is 19.7 Å². The summed E-state index contributed by atoms with van der Waals surface area (Å²) >= 11 is 0. The minimum absolute atomic E-state index is 0.0525. The van der Waals surface area contributed by atoms with E-state index in [1.54, 1.807) is 59.4 Å². The lowest BCUT2D eigenvalue weighted by molar-refractivity contribution is -0.0201. The summed E-state index contributed by atoms with van der Waals surface area (Å²) in [6, 6.07) is 17.6. The zero-order chi connectivity index (χ0) is 24.9. The fourth-order valence-corrected chi connectivity index (χ4v) is 4.33. The van der Waals surface area contributed by atoms with E-state index in [1.165, 1.54) is 6.33 Å². The van der Waals surface area contributed by atoms with Gasteiger partial charge in [0.05, 0.1) is 24.6 Å². The molecule has 0 spiro atoms. The lowest BCUT2D eigenvalue weighted by atomic mass is 9.99. The number of nitrogens with zero attached hydrogens (tertiary/aromatic N) is 4. The Labute approximate surface area is 206 Å². The lowest BCUT2D eigenvalue weighted by Crippen LogP contribution is -2.23. The highest BCUT2D eigenvalue weighted by Gasteiger charge is 2.37. The molecule has 2 N–H and O–H groups in total. The minimum Gasteiger partial charge on any atom is -0.462 e. The average molecular weight is 488 g/mol. The molecule has 2 aromatic carbocycles. The fourth-order valence-electron chi connectivity index (χ4n) is 4.33. The first-order chi connectivity index (χ1) is 17.6. The number of aromatic nitrogens is 4. The number of imidazole rings is 1. The molecule has 3 heterocycles. The molecule has 36 heavy (non-hydrogen) atoms. The number of aliphatic hydroxyl groups excluding tert-OH is 1. The van der Waals surface area contributed by atoms with Crippen LogP contribution >= 0.6 is 0 Å². The standard InChI is InChI=1S/C26H25N5O5/c32-12-11-20-19(14-35-26(34)18-9-5-2-6-10-18)13-21(36-20)31-16-29-22-23(27-15-28-24(22)31)30-25(33)17-7-3-1-4-8-17/h1-10,15-16,19-21,32H,11-14H2,(H,27,28,30,33)/t19-,20-,21-/m1/s1. The Bertz CT molecular complexity index is 1340. The highest BCUT2D eigenvalue weighted by molar-refractivity contribution is 6.06. The third-order valence-electron chi connectivity index (χ3n) is 6.15. The number of hydrogen-bond acceptors (Lipinski definition) is 8. The van der Waals surface area contributed by atoms with Crippen LogP contribution in [0.4, 0.5) is 5.82 Å². The molecule has 0 saturated carbocycles. The van der Waals surface area contributed by atoms with Crippen molar-refractivity contribution < 1.29 is 24.2 Å². The number of carbonyl (C=O) groups excluding carboxylic acids is 2. The van der Waals surface area contributed by atoms with Gasteiger partial charge in [-0.3, -0.25) is 9.36 Å². The van der Waals surface area contributed by atoms with Crippen molar-refractivity contribution in [3.63, 3.8) is 0 Å². The molecule has 5 rings (SSSR count). The lowest BCUT2D eigenvalue weighted by Gasteiger charge is -2.17. The molecule has 10 nitrogen and oxygen atoms in total. The van der Waals surface area contributed by atoms with Crippen molar-refractivity contribution in [1.82, 2.24) is 19.5 Å². The Hall–Kier alpha value is -4.15. The highest BCUT2D eigenvalue weighted by Crippen LogP contribution is 2.37. The number of ether oxygens (including phenoxy) is 2. The van der Waals surface area contributed by atoms with E-state index in [-0.39, 0.29) is 31.1 Å². The van der Waals surface area contributed by atoms with Crippen LogP contribution in [0.3, 0.4) is 0 Å². The molecule has 1 saturated heterocycles. The Morgan fingerprint density at radius 3 is 2.47 bits per heavy atom. The summed E-state index contributed by atoms with van der Waals surface area (Å²) in [5.74, 6) is -0.524. The van der Waals surface area contributed by atoms with Gasteiger partial charge in [0.25, 0.3) is 5.91 Å². The summed E-state index contributed by atoms with van der Waals surface area (Å²) < 4.78 is 13.5. The van der Waals surface area contributed by atoms with Crippen LogP contribution < -0.4 is 5.32 Å². The van der Waals surface area contributed by atoms with Gasteiger partial charge in [-0.15, -0.1) is 0 Å². The van der Waals surface area contributed by atoms with Gasteiger partial charge < -0.3 is 19.9 Å². The second-order valence-electron chi connectivity index (χ2n) is 8.47. The fraction of sp³-hybridized carbons (Fsp3) is 0.269. The average Bonchev–Trinajstić information content (AvgIpc) is 3.53.